The molecule has 1 aliphatic rings. The quantitative estimate of drug-likeness (QED) is 0.756. The number of carbonyl (C=O) groups excluding carboxylic acids is 1. The van der Waals surface area contributed by atoms with E-state index in [-0.39, 0.29) is 5.91 Å². The molecule has 2 heterocycles. The first kappa shape index (κ1) is 18.3. The molecule has 1 aromatic carbocycles. The molecule has 3 rings (SSSR count). The van der Waals surface area contributed by atoms with Gasteiger partial charge in [-0.1, -0.05) is 17.7 Å². The molecule has 1 saturated heterocycles. The zero-order chi connectivity index (χ0) is 18.7. The average molecular weight is 374 g/mol. The highest BCUT2D eigenvalue weighted by molar-refractivity contribution is 7.89. The van der Waals surface area contributed by atoms with Crippen LogP contribution in [0, 0.1) is 6.92 Å². The average Bonchev–Trinajstić information content (AvgIpc) is 3.05. The monoisotopic (exact) mass is 374 g/mol. The normalized spacial score (nSPS) is 16.3. The van der Waals surface area contributed by atoms with Gasteiger partial charge in [0.2, 0.25) is 15.9 Å². The molecule has 0 saturated carbocycles. The maximum Gasteiger partial charge on any atom is 0.246 e. The van der Waals surface area contributed by atoms with Gasteiger partial charge < -0.3 is 4.90 Å². The van der Waals surface area contributed by atoms with Crippen LogP contribution in [-0.2, 0) is 21.9 Å². The molecule has 0 N–H and O–H groups in total. The molecule has 2 aromatic rings. The molecule has 1 fully saturated rings. The number of hydrogen-bond acceptors (Lipinski definition) is 4. The van der Waals surface area contributed by atoms with Crippen molar-refractivity contribution in [3.8, 4) is 0 Å². The van der Waals surface area contributed by atoms with Crippen molar-refractivity contribution >= 4 is 22.0 Å². The van der Waals surface area contributed by atoms with Gasteiger partial charge in [-0.2, -0.15) is 9.40 Å². The van der Waals surface area contributed by atoms with Crippen molar-refractivity contribution < 1.29 is 13.2 Å². The van der Waals surface area contributed by atoms with E-state index in [2.05, 4.69) is 5.10 Å². The maximum absolute atomic E-state index is 12.7. The lowest BCUT2D eigenvalue weighted by molar-refractivity contribution is -0.127. The molecule has 26 heavy (non-hydrogen) atoms. The first-order chi connectivity index (χ1) is 12.4. The van der Waals surface area contributed by atoms with E-state index in [1.54, 1.807) is 46.1 Å². The van der Waals surface area contributed by atoms with Crippen LogP contribution >= 0.6 is 0 Å². The largest absolute Gasteiger partial charge is 0.337 e. The Hall–Kier alpha value is -2.45. The van der Waals surface area contributed by atoms with Crippen LogP contribution in [0.5, 0.6) is 0 Å². The molecule has 138 valence electrons. The summed E-state index contributed by atoms with van der Waals surface area (Å²) in [6, 6.07) is 6.82. The van der Waals surface area contributed by atoms with Gasteiger partial charge in [-0.05, 0) is 25.1 Å². The molecule has 8 heteroatoms. The molecule has 0 spiro atoms. The second-order valence-corrected chi connectivity index (χ2v) is 8.26. The summed E-state index contributed by atoms with van der Waals surface area (Å²) in [7, 11) is -1.70. The minimum atomic E-state index is -3.51. The fraction of sp³-hybridized carbons (Fsp3) is 0.333. The van der Waals surface area contributed by atoms with Gasteiger partial charge in [0.15, 0.2) is 0 Å². The number of piperazine rings is 1. The van der Waals surface area contributed by atoms with Crippen LogP contribution < -0.4 is 0 Å². The van der Waals surface area contributed by atoms with Crippen LogP contribution in [0.2, 0.25) is 0 Å². The molecule has 1 aromatic heterocycles. The second-order valence-electron chi connectivity index (χ2n) is 6.32. The fourth-order valence-corrected chi connectivity index (χ4v) is 4.23. The Morgan fingerprint density at radius 2 is 1.77 bits per heavy atom. The minimum Gasteiger partial charge on any atom is -0.337 e. The number of benzene rings is 1. The molecule has 7 nitrogen and oxygen atoms in total. The molecule has 0 atom stereocenters. The van der Waals surface area contributed by atoms with E-state index in [1.165, 1.54) is 10.4 Å². The van der Waals surface area contributed by atoms with E-state index in [4.69, 9.17) is 0 Å². The summed E-state index contributed by atoms with van der Waals surface area (Å²) in [5, 5.41) is 4.05. The Kier molecular flexibility index (Phi) is 5.24. The van der Waals surface area contributed by atoms with E-state index in [1.807, 2.05) is 20.2 Å². The highest BCUT2D eigenvalue weighted by Crippen LogP contribution is 2.18. The third-order valence-corrected chi connectivity index (χ3v) is 6.27. The van der Waals surface area contributed by atoms with E-state index in [0.29, 0.717) is 31.1 Å². The molecule has 0 unspecified atom stereocenters. The molecular weight excluding hydrogens is 352 g/mol. The van der Waals surface area contributed by atoms with Crippen LogP contribution in [0.25, 0.3) is 6.08 Å². The predicted molar refractivity (Wildman–Crippen MR) is 98.8 cm³/mol. The highest BCUT2D eigenvalue weighted by Gasteiger charge is 2.29. The van der Waals surface area contributed by atoms with Crippen molar-refractivity contribution in [1.82, 2.24) is 19.0 Å². The molecular formula is C18H22N4O3S. The van der Waals surface area contributed by atoms with Gasteiger partial charge >= 0.3 is 0 Å². The number of rotatable bonds is 4. The summed E-state index contributed by atoms with van der Waals surface area (Å²) >= 11 is 0. The van der Waals surface area contributed by atoms with Gasteiger partial charge in [0.05, 0.1) is 11.1 Å². The third kappa shape index (κ3) is 4.03. The van der Waals surface area contributed by atoms with E-state index >= 15 is 0 Å². The second kappa shape index (κ2) is 7.43. The van der Waals surface area contributed by atoms with Crippen molar-refractivity contribution in [3.05, 3.63) is 53.9 Å². The number of amides is 1. The first-order valence-corrected chi connectivity index (χ1v) is 9.83. The Balaban J connectivity index is 1.60. The number of sulfonamides is 1. The first-order valence-electron chi connectivity index (χ1n) is 8.39. The zero-order valence-corrected chi connectivity index (χ0v) is 15.7. The topological polar surface area (TPSA) is 75.5 Å². The smallest absolute Gasteiger partial charge is 0.246 e. The lowest BCUT2D eigenvalue weighted by Gasteiger charge is -2.33. The fourth-order valence-electron chi connectivity index (χ4n) is 2.81. The van der Waals surface area contributed by atoms with Gasteiger partial charge in [0.25, 0.3) is 0 Å². The van der Waals surface area contributed by atoms with E-state index in [9.17, 15) is 13.2 Å². The molecule has 1 amide bonds. The van der Waals surface area contributed by atoms with Crippen molar-refractivity contribution in [3.63, 3.8) is 0 Å². The van der Waals surface area contributed by atoms with Gasteiger partial charge in [-0.25, -0.2) is 8.42 Å². The summed E-state index contributed by atoms with van der Waals surface area (Å²) in [6.45, 7) is 3.26. The summed E-state index contributed by atoms with van der Waals surface area (Å²) in [5.41, 5.74) is 1.86. The lowest BCUT2D eigenvalue weighted by atomic mass is 10.2. The highest BCUT2D eigenvalue weighted by atomic mass is 32.2. The maximum atomic E-state index is 12.7. The van der Waals surface area contributed by atoms with Gasteiger partial charge in [0, 0.05) is 51.1 Å². The number of hydrogen-bond donors (Lipinski definition) is 0. The number of aromatic nitrogens is 2. The van der Waals surface area contributed by atoms with Crippen LogP contribution in [0.4, 0.5) is 0 Å². The number of nitrogens with zero attached hydrogens (tertiary/aromatic N) is 4. The van der Waals surface area contributed by atoms with Gasteiger partial charge in [-0.15, -0.1) is 0 Å². The SMILES string of the molecule is Cc1ccc(S(=O)(=O)N2CCN(C(=O)C=Cc3cnn(C)c3)CC2)cc1. The lowest BCUT2D eigenvalue weighted by Crippen LogP contribution is -2.50. The summed E-state index contributed by atoms with van der Waals surface area (Å²) < 4.78 is 28.5. The summed E-state index contributed by atoms with van der Waals surface area (Å²) in [5.74, 6) is -0.124. The van der Waals surface area contributed by atoms with Gasteiger partial charge in [-0.3, -0.25) is 9.48 Å². The molecule has 0 aliphatic carbocycles. The third-order valence-electron chi connectivity index (χ3n) is 4.35. The summed E-state index contributed by atoms with van der Waals surface area (Å²) in [4.78, 5) is 14.2. The van der Waals surface area contributed by atoms with E-state index < -0.39 is 10.0 Å². The van der Waals surface area contributed by atoms with Crippen LogP contribution in [0.1, 0.15) is 11.1 Å². The summed E-state index contributed by atoms with van der Waals surface area (Å²) in [6.07, 6.45) is 6.71. The van der Waals surface area contributed by atoms with Crippen molar-refractivity contribution in [2.75, 3.05) is 26.2 Å². The molecule has 0 radical (unpaired) electrons. The Morgan fingerprint density at radius 1 is 1.12 bits per heavy atom. The zero-order valence-electron chi connectivity index (χ0n) is 14.9. The number of aryl methyl sites for hydroxylation is 2. The Bertz CT molecular complexity index is 908. The van der Waals surface area contributed by atoms with Crippen molar-refractivity contribution in [1.29, 1.82) is 0 Å². The van der Waals surface area contributed by atoms with Crippen LogP contribution in [0.3, 0.4) is 0 Å². The molecule has 0 bridgehead atoms. The van der Waals surface area contributed by atoms with E-state index in [0.717, 1.165) is 11.1 Å². The standard InChI is InChI=1S/C18H22N4O3S/c1-15-3-6-17(7-4-15)26(24,25)22-11-9-21(10-12-22)18(23)8-5-16-13-19-20(2)14-16/h3-8,13-14H,9-12H2,1-2H3. The Labute approximate surface area is 153 Å². The predicted octanol–water partition coefficient (Wildman–Crippen LogP) is 1.27. The molecule has 1 aliphatic heterocycles. The minimum absolute atomic E-state index is 0.124. The van der Waals surface area contributed by atoms with Crippen LogP contribution in [-0.4, -0.2) is 59.5 Å². The van der Waals surface area contributed by atoms with Crippen molar-refractivity contribution in [2.45, 2.75) is 11.8 Å². The van der Waals surface area contributed by atoms with Crippen LogP contribution in [0.15, 0.2) is 47.6 Å². The van der Waals surface area contributed by atoms with Gasteiger partial charge in [0.1, 0.15) is 0 Å². The number of carbonyl (C=O) groups is 1. The Morgan fingerprint density at radius 3 is 2.35 bits per heavy atom. The van der Waals surface area contributed by atoms with Crippen molar-refractivity contribution in [2.24, 2.45) is 7.05 Å².